The van der Waals surface area contributed by atoms with Gasteiger partial charge in [0.2, 0.25) is 0 Å². The first-order chi connectivity index (χ1) is 9.27. The molecule has 0 spiro atoms. The third-order valence-electron chi connectivity index (χ3n) is 4.49. The number of carbonyl (C=O) groups is 1. The molecule has 2 N–H and O–H groups in total. The monoisotopic (exact) mass is 276 g/mol. The van der Waals surface area contributed by atoms with Gasteiger partial charge in [-0.2, -0.15) is 0 Å². The summed E-state index contributed by atoms with van der Waals surface area (Å²) in [5.74, 6) is -0.694. The van der Waals surface area contributed by atoms with Crippen molar-refractivity contribution in [3.05, 3.63) is 29.3 Å². The van der Waals surface area contributed by atoms with E-state index in [9.17, 15) is 15.0 Å². The molecule has 1 aromatic carbocycles. The zero-order valence-electron chi connectivity index (χ0n) is 12.6. The molecule has 3 heteroatoms. The van der Waals surface area contributed by atoms with E-state index in [2.05, 4.69) is 20.8 Å². The van der Waals surface area contributed by atoms with Gasteiger partial charge in [-0.15, -0.1) is 0 Å². The fraction of sp³-hybridized carbons (Fsp3) is 0.588. The van der Waals surface area contributed by atoms with Crippen molar-refractivity contribution in [2.75, 3.05) is 0 Å². The molecule has 0 bridgehead atoms. The molecule has 1 aromatic rings. The second-order valence-corrected chi connectivity index (χ2v) is 6.93. The Labute approximate surface area is 120 Å². The van der Waals surface area contributed by atoms with Gasteiger partial charge < -0.3 is 10.2 Å². The van der Waals surface area contributed by atoms with Crippen LogP contribution in [0.1, 0.15) is 64.0 Å². The average Bonchev–Trinajstić information content (AvgIpc) is 2.38. The van der Waals surface area contributed by atoms with Crippen molar-refractivity contribution in [1.29, 1.82) is 0 Å². The molecule has 0 saturated heterocycles. The summed E-state index contributed by atoms with van der Waals surface area (Å²) >= 11 is 0. The molecule has 0 unspecified atom stereocenters. The Kier molecular flexibility index (Phi) is 3.81. The van der Waals surface area contributed by atoms with Crippen LogP contribution in [0.15, 0.2) is 18.2 Å². The minimum atomic E-state index is -0.913. The predicted octanol–water partition coefficient (Wildman–Crippen LogP) is 3.98. The molecule has 1 aliphatic carbocycles. The molecule has 0 heterocycles. The van der Waals surface area contributed by atoms with Crippen molar-refractivity contribution in [1.82, 2.24) is 0 Å². The molecule has 0 aliphatic heterocycles. The lowest BCUT2D eigenvalue weighted by Crippen LogP contribution is -2.38. The summed E-state index contributed by atoms with van der Waals surface area (Å²) in [6.07, 6.45) is 4.12. The summed E-state index contributed by atoms with van der Waals surface area (Å²) in [6.45, 7) is 6.28. The van der Waals surface area contributed by atoms with Crippen LogP contribution in [-0.2, 0) is 15.6 Å². The summed E-state index contributed by atoms with van der Waals surface area (Å²) in [5.41, 5.74) is 0.689. The van der Waals surface area contributed by atoms with E-state index in [0.29, 0.717) is 18.4 Å². The summed E-state index contributed by atoms with van der Waals surface area (Å²) < 4.78 is 0. The molecule has 2 rings (SSSR count). The second-order valence-electron chi connectivity index (χ2n) is 6.93. The van der Waals surface area contributed by atoms with Gasteiger partial charge >= 0.3 is 5.97 Å². The van der Waals surface area contributed by atoms with Gasteiger partial charge in [0.1, 0.15) is 5.75 Å². The molecule has 20 heavy (non-hydrogen) atoms. The number of aliphatic carboxylic acids is 1. The van der Waals surface area contributed by atoms with E-state index in [1.165, 1.54) is 0 Å². The Morgan fingerprint density at radius 3 is 2.25 bits per heavy atom. The molecule has 0 atom stereocenters. The van der Waals surface area contributed by atoms with Gasteiger partial charge in [0, 0.05) is 5.56 Å². The quantitative estimate of drug-likeness (QED) is 0.859. The Bertz CT molecular complexity index is 505. The standard InChI is InChI=1S/C17H24O3/c1-16(2,3)12-7-8-14(18)13(11-12)17(15(19)20)9-5-4-6-10-17/h7-8,11,18H,4-6,9-10H2,1-3H3,(H,19,20). The Balaban J connectivity index is 2.56. The normalized spacial score (nSPS) is 18.8. The first-order valence-corrected chi connectivity index (χ1v) is 7.35. The third-order valence-corrected chi connectivity index (χ3v) is 4.49. The van der Waals surface area contributed by atoms with Gasteiger partial charge in [-0.1, -0.05) is 52.2 Å². The Morgan fingerprint density at radius 2 is 1.75 bits per heavy atom. The minimum absolute atomic E-state index is 0.0587. The largest absolute Gasteiger partial charge is 0.508 e. The van der Waals surface area contributed by atoms with E-state index in [1.54, 1.807) is 6.07 Å². The first kappa shape index (κ1) is 14.9. The number of carboxylic acid groups (broad SMARTS) is 1. The van der Waals surface area contributed by atoms with Gasteiger partial charge in [0.25, 0.3) is 0 Å². The number of rotatable bonds is 2. The highest BCUT2D eigenvalue weighted by Gasteiger charge is 2.43. The molecule has 0 radical (unpaired) electrons. The van der Waals surface area contributed by atoms with E-state index in [4.69, 9.17) is 0 Å². The van der Waals surface area contributed by atoms with Crippen molar-refractivity contribution in [2.24, 2.45) is 0 Å². The third kappa shape index (κ3) is 2.54. The number of hydrogen-bond donors (Lipinski definition) is 2. The highest BCUT2D eigenvalue weighted by atomic mass is 16.4. The van der Waals surface area contributed by atoms with Crippen LogP contribution in [0, 0.1) is 0 Å². The zero-order valence-corrected chi connectivity index (χ0v) is 12.6. The smallest absolute Gasteiger partial charge is 0.314 e. The average molecular weight is 276 g/mol. The lowest BCUT2D eigenvalue weighted by Gasteiger charge is -2.35. The van der Waals surface area contributed by atoms with E-state index in [0.717, 1.165) is 24.8 Å². The van der Waals surface area contributed by atoms with Gasteiger partial charge in [-0.25, -0.2) is 0 Å². The van der Waals surface area contributed by atoms with Gasteiger partial charge in [-0.3, -0.25) is 4.79 Å². The highest BCUT2D eigenvalue weighted by Crippen LogP contribution is 2.44. The molecule has 0 aromatic heterocycles. The lowest BCUT2D eigenvalue weighted by molar-refractivity contribution is -0.145. The van der Waals surface area contributed by atoms with Gasteiger partial charge in [0.15, 0.2) is 0 Å². The van der Waals surface area contributed by atoms with Crippen LogP contribution < -0.4 is 0 Å². The lowest BCUT2D eigenvalue weighted by atomic mass is 9.68. The molecule has 3 nitrogen and oxygen atoms in total. The van der Waals surface area contributed by atoms with Crippen LogP contribution in [0.5, 0.6) is 5.75 Å². The van der Waals surface area contributed by atoms with Crippen molar-refractivity contribution in [3.8, 4) is 5.75 Å². The van der Waals surface area contributed by atoms with Crippen molar-refractivity contribution < 1.29 is 15.0 Å². The fourth-order valence-electron chi connectivity index (χ4n) is 3.14. The number of aromatic hydroxyl groups is 1. The summed E-state index contributed by atoms with van der Waals surface area (Å²) in [4.78, 5) is 11.9. The topological polar surface area (TPSA) is 57.5 Å². The molecule has 110 valence electrons. The maximum absolute atomic E-state index is 11.9. The highest BCUT2D eigenvalue weighted by molar-refractivity contribution is 5.82. The maximum atomic E-state index is 11.9. The van der Waals surface area contributed by atoms with Crippen LogP contribution in [0.3, 0.4) is 0 Å². The maximum Gasteiger partial charge on any atom is 0.314 e. The number of phenols is 1. The Hall–Kier alpha value is -1.51. The number of phenolic OH excluding ortho intramolecular Hbond substituents is 1. The van der Waals surface area contributed by atoms with Gasteiger partial charge in [0.05, 0.1) is 5.41 Å². The summed E-state index contributed by atoms with van der Waals surface area (Å²) in [7, 11) is 0. The molecular formula is C17H24O3. The van der Waals surface area contributed by atoms with E-state index >= 15 is 0 Å². The molecule has 0 amide bonds. The van der Waals surface area contributed by atoms with Crippen LogP contribution in [0.2, 0.25) is 0 Å². The molecular weight excluding hydrogens is 252 g/mol. The predicted molar refractivity (Wildman–Crippen MR) is 79.2 cm³/mol. The first-order valence-electron chi connectivity index (χ1n) is 7.35. The van der Waals surface area contributed by atoms with Crippen LogP contribution in [-0.4, -0.2) is 16.2 Å². The van der Waals surface area contributed by atoms with E-state index < -0.39 is 11.4 Å². The summed E-state index contributed by atoms with van der Waals surface area (Å²) in [5, 5.41) is 20.0. The van der Waals surface area contributed by atoms with Crippen LogP contribution in [0.25, 0.3) is 0 Å². The summed E-state index contributed by atoms with van der Waals surface area (Å²) in [6, 6.07) is 5.43. The second kappa shape index (κ2) is 5.12. The van der Waals surface area contributed by atoms with Gasteiger partial charge in [-0.05, 0) is 29.9 Å². The SMILES string of the molecule is CC(C)(C)c1ccc(O)c(C2(C(=O)O)CCCCC2)c1. The fourth-order valence-corrected chi connectivity index (χ4v) is 3.14. The number of benzene rings is 1. The van der Waals surface area contributed by atoms with E-state index in [1.807, 2.05) is 12.1 Å². The van der Waals surface area contributed by atoms with Crippen LogP contribution >= 0.6 is 0 Å². The molecule has 1 saturated carbocycles. The van der Waals surface area contributed by atoms with Crippen molar-refractivity contribution in [3.63, 3.8) is 0 Å². The van der Waals surface area contributed by atoms with Crippen molar-refractivity contribution in [2.45, 2.75) is 63.7 Å². The minimum Gasteiger partial charge on any atom is -0.508 e. The molecule has 1 fully saturated rings. The Morgan fingerprint density at radius 1 is 1.15 bits per heavy atom. The number of carboxylic acids is 1. The van der Waals surface area contributed by atoms with E-state index in [-0.39, 0.29) is 11.2 Å². The molecule has 1 aliphatic rings. The van der Waals surface area contributed by atoms with Crippen molar-refractivity contribution >= 4 is 5.97 Å². The zero-order chi connectivity index (χ0) is 15.0. The van der Waals surface area contributed by atoms with Crippen LogP contribution in [0.4, 0.5) is 0 Å². The number of hydrogen-bond acceptors (Lipinski definition) is 2.